The molecule has 1 aromatic rings. The summed E-state index contributed by atoms with van der Waals surface area (Å²) in [5.74, 6) is 0. The minimum atomic E-state index is -0.466. The number of unbranched alkanes of at least 4 members (excludes halogenated alkanes) is 2. The van der Waals surface area contributed by atoms with Crippen molar-refractivity contribution in [3.63, 3.8) is 0 Å². The number of aryl methyl sites for hydroxylation is 1. The molecule has 0 heterocycles. The van der Waals surface area contributed by atoms with Crippen molar-refractivity contribution < 1.29 is 24.0 Å². The first-order valence-electron chi connectivity index (χ1n) is 18.2. The van der Waals surface area contributed by atoms with E-state index in [1.165, 1.54) is 12.6 Å². The van der Waals surface area contributed by atoms with Crippen LogP contribution in [0, 0.1) is 6.92 Å². The summed E-state index contributed by atoms with van der Waals surface area (Å²) in [4.78, 5) is 61.7. The topological polar surface area (TPSA) is 284 Å². The summed E-state index contributed by atoms with van der Waals surface area (Å²) >= 11 is 0. The van der Waals surface area contributed by atoms with Crippen LogP contribution in [0.2, 0.25) is 0 Å². The number of carbonyl (C=O) groups excluding carboxylic acids is 5. The highest BCUT2D eigenvalue weighted by molar-refractivity contribution is 5.77. The standard InChI is InChI=1S/C34H65N13O5/c1-23-11-13-26(14-12-23)17-27(37)20-41-34(52)47-29(10-6-8-16-36)22-43-32(50)45-24(2)18-39-31(49)44-25(3)19-40-33(51)46-28(9-5-7-15-35)21-42-30(48)38-4/h11-14,24-25,27-29H,5-10,15-22,35-37H2,1-4H3,(H2,38,42,48)(H2,39,44,49)(H2,40,46,51)(H2,41,47,52)(H2,43,45,50)/t24-,25-,27-,28-,29-/m0/s1. The first-order chi connectivity index (χ1) is 24.8. The highest BCUT2D eigenvalue weighted by Crippen LogP contribution is 2.05. The molecule has 0 saturated heterocycles. The van der Waals surface area contributed by atoms with E-state index in [2.05, 4.69) is 53.2 Å². The number of rotatable bonds is 24. The van der Waals surface area contributed by atoms with Crippen LogP contribution in [0.15, 0.2) is 24.3 Å². The molecule has 0 fully saturated rings. The lowest BCUT2D eigenvalue weighted by atomic mass is 10.1. The zero-order valence-corrected chi connectivity index (χ0v) is 31.4. The lowest BCUT2D eigenvalue weighted by Crippen LogP contribution is -2.53. The maximum atomic E-state index is 12.6. The van der Waals surface area contributed by atoms with Crippen LogP contribution in [0.4, 0.5) is 24.0 Å². The predicted octanol–water partition coefficient (Wildman–Crippen LogP) is -0.237. The minimum Gasteiger partial charge on any atom is -0.341 e. The van der Waals surface area contributed by atoms with E-state index in [-0.39, 0.29) is 56.4 Å². The maximum absolute atomic E-state index is 12.6. The predicted molar refractivity (Wildman–Crippen MR) is 204 cm³/mol. The fourth-order valence-electron chi connectivity index (χ4n) is 4.98. The lowest BCUT2D eigenvalue weighted by molar-refractivity contribution is 0.226. The molecule has 0 unspecified atom stereocenters. The Morgan fingerprint density at radius 3 is 1.42 bits per heavy atom. The largest absolute Gasteiger partial charge is 0.341 e. The average Bonchev–Trinajstić information content (AvgIpc) is 3.11. The summed E-state index contributed by atoms with van der Waals surface area (Å²) in [6.07, 6.45) is 5.05. The highest BCUT2D eigenvalue weighted by atomic mass is 16.2. The number of nitrogens with two attached hydrogens (primary N) is 3. The maximum Gasteiger partial charge on any atom is 0.315 e. The van der Waals surface area contributed by atoms with E-state index < -0.39 is 30.2 Å². The first kappa shape index (κ1) is 45.5. The molecule has 0 saturated carbocycles. The Balaban J connectivity index is 2.40. The molecule has 10 amide bonds. The van der Waals surface area contributed by atoms with Crippen LogP contribution in [0.25, 0.3) is 0 Å². The van der Waals surface area contributed by atoms with Crippen molar-refractivity contribution in [1.29, 1.82) is 0 Å². The molecule has 0 aliphatic carbocycles. The molecule has 0 aliphatic rings. The van der Waals surface area contributed by atoms with Gasteiger partial charge in [0.1, 0.15) is 0 Å². The van der Waals surface area contributed by atoms with Crippen LogP contribution in [-0.2, 0) is 6.42 Å². The Kier molecular flexibility index (Phi) is 23.7. The van der Waals surface area contributed by atoms with Crippen molar-refractivity contribution in [3.8, 4) is 0 Å². The second kappa shape index (κ2) is 27.1. The number of carbonyl (C=O) groups is 5. The Bertz CT molecular complexity index is 1190. The molecule has 1 aromatic carbocycles. The molecule has 18 heteroatoms. The van der Waals surface area contributed by atoms with Crippen LogP contribution < -0.4 is 70.4 Å². The van der Waals surface area contributed by atoms with E-state index >= 15 is 0 Å². The van der Waals surface area contributed by atoms with Crippen LogP contribution in [0.5, 0.6) is 0 Å². The zero-order valence-electron chi connectivity index (χ0n) is 31.4. The van der Waals surface area contributed by atoms with Gasteiger partial charge in [-0.2, -0.15) is 0 Å². The van der Waals surface area contributed by atoms with Gasteiger partial charge in [0.2, 0.25) is 0 Å². The Morgan fingerprint density at radius 2 is 0.981 bits per heavy atom. The molecule has 1 rings (SSSR count). The van der Waals surface area contributed by atoms with Crippen molar-refractivity contribution >= 4 is 30.2 Å². The van der Waals surface area contributed by atoms with Gasteiger partial charge in [-0.1, -0.05) is 42.7 Å². The third kappa shape index (κ3) is 23.0. The molecule has 16 N–H and O–H groups in total. The molecule has 0 spiro atoms. The molecular formula is C34H65N13O5. The molecular weight excluding hydrogens is 670 g/mol. The smallest absolute Gasteiger partial charge is 0.315 e. The van der Waals surface area contributed by atoms with Gasteiger partial charge in [0.25, 0.3) is 0 Å². The van der Waals surface area contributed by atoms with Crippen molar-refractivity contribution in [1.82, 2.24) is 53.2 Å². The second-order valence-corrected chi connectivity index (χ2v) is 13.1. The van der Waals surface area contributed by atoms with E-state index in [1.54, 1.807) is 13.8 Å². The highest BCUT2D eigenvalue weighted by Gasteiger charge is 2.17. The molecule has 0 aliphatic heterocycles. The lowest BCUT2D eigenvalue weighted by Gasteiger charge is -2.22. The summed E-state index contributed by atoms with van der Waals surface area (Å²) in [7, 11) is 1.51. The van der Waals surface area contributed by atoms with Crippen molar-refractivity contribution in [3.05, 3.63) is 35.4 Å². The fourth-order valence-corrected chi connectivity index (χ4v) is 4.98. The van der Waals surface area contributed by atoms with Gasteiger partial charge in [-0.3, -0.25) is 0 Å². The van der Waals surface area contributed by atoms with Crippen LogP contribution in [-0.4, -0.2) is 113 Å². The van der Waals surface area contributed by atoms with Gasteiger partial charge in [-0.25, -0.2) is 24.0 Å². The summed E-state index contributed by atoms with van der Waals surface area (Å²) in [6, 6.07) is 4.37. The third-order valence-corrected chi connectivity index (χ3v) is 7.96. The summed E-state index contributed by atoms with van der Waals surface area (Å²) in [5, 5.41) is 27.4. The van der Waals surface area contributed by atoms with Gasteiger partial charge in [-0.05, 0) is 71.5 Å². The van der Waals surface area contributed by atoms with Gasteiger partial charge in [0, 0.05) is 70.0 Å². The van der Waals surface area contributed by atoms with E-state index in [4.69, 9.17) is 17.2 Å². The Morgan fingerprint density at radius 1 is 0.577 bits per heavy atom. The number of nitrogens with one attached hydrogen (secondary N) is 10. The number of benzene rings is 1. The molecule has 18 nitrogen and oxygen atoms in total. The van der Waals surface area contributed by atoms with Crippen molar-refractivity contribution in [2.75, 3.05) is 52.9 Å². The quantitative estimate of drug-likeness (QED) is 0.0628. The van der Waals surface area contributed by atoms with E-state index in [0.717, 1.165) is 31.2 Å². The van der Waals surface area contributed by atoms with Crippen LogP contribution in [0.3, 0.4) is 0 Å². The third-order valence-electron chi connectivity index (χ3n) is 7.96. The zero-order chi connectivity index (χ0) is 38.7. The molecule has 0 radical (unpaired) electrons. The van der Waals surface area contributed by atoms with Crippen molar-refractivity contribution in [2.24, 2.45) is 17.2 Å². The Hall–Kier alpha value is -4.55. The van der Waals surface area contributed by atoms with Crippen LogP contribution in [0.1, 0.15) is 63.5 Å². The van der Waals surface area contributed by atoms with E-state index in [1.807, 2.05) is 31.2 Å². The van der Waals surface area contributed by atoms with Crippen molar-refractivity contribution in [2.45, 2.75) is 95.9 Å². The SMILES string of the molecule is CNC(=O)NC[C@H](CCCCN)NC(=O)NC[C@H](C)NC(=O)NC[C@H](C)NC(=O)NC[C@H](CCCCN)NC(=O)NC[C@@H](N)Cc1ccc(C)cc1. The Labute approximate surface area is 308 Å². The number of hydrogen-bond acceptors (Lipinski definition) is 8. The van der Waals surface area contributed by atoms with Gasteiger partial charge in [0.15, 0.2) is 0 Å². The average molecular weight is 736 g/mol. The van der Waals surface area contributed by atoms with Gasteiger partial charge >= 0.3 is 30.2 Å². The monoisotopic (exact) mass is 736 g/mol. The van der Waals surface area contributed by atoms with Gasteiger partial charge in [-0.15, -0.1) is 0 Å². The molecule has 296 valence electrons. The molecule has 5 atom stereocenters. The second-order valence-electron chi connectivity index (χ2n) is 13.1. The summed E-state index contributed by atoms with van der Waals surface area (Å²) in [6.45, 7) is 7.61. The normalized spacial score (nSPS) is 13.6. The fraction of sp³-hybridized carbons (Fsp3) is 0.676. The molecule has 0 bridgehead atoms. The minimum absolute atomic E-state index is 0.145. The number of hydrogen-bond donors (Lipinski definition) is 13. The number of urea groups is 5. The molecule has 52 heavy (non-hydrogen) atoms. The van der Waals surface area contributed by atoms with E-state index in [0.29, 0.717) is 38.9 Å². The number of amides is 10. The summed E-state index contributed by atoms with van der Waals surface area (Å²) < 4.78 is 0. The van der Waals surface area contributed by atoms with Gasteiger partial charge in [0.05, 0.1) is 0 Å². The summed E-state index contributed by atoms with van der Waals surface area (Å²) in [5.41, 5.74) is 19.7. The first-order valence-corrected chi connectivity index (χ1v) is 18.2. The van der Waals surface area contributed by atoms with Crippen LogP contribution >= 0.6 is 0 Å². The van der Waals surface area contributed by atoms with Gasteiger partial charge < -0.3 is 70.4 Å². The van der Waals surface area contributed by atoms with E-state index in [9.17, 15) is 24.0 Å². The molecule has 0 aromatic heterocycles.